The molecule has 0 radical (unpaired) electrons. The van der Waals surface area contributed by atoms with Crippen LogP contribution in [0.2, 0.25) is 0 Å². The molecule has 2 aromatic heterocycles. The summed E-state index contributed by atoms with van der Waals surface area (Å²) in [5, 5.41) is 10.2. The Morgan fingerprint density at radius 1 is 1.18 bits per heavy atom. The number of benzene rings is 1. The van der Waals surface area contributed by atoms with Gasteiger partial charge in [0.25, 0.3) is 0 Å². The number of rotatable bonds is 2. The zero-order chi connectivity index (χ0) is 16.1. The van der Waals surface area contributed by atoms with E-state index in [9.17, 15) is 13.2 Å². The first-order valence-corrected chi connectivity index (χ1v) is 7.95. The minimum Gasteiger partial charge on any atom is -0.403 e. The molecule has 0 saturated heterocycles. The fourth-order valence-electron chi connectivity index (χ4n) is 2.38. The van der Waals surface area contributed by atoms with Gasteiger partial charge in [-0.1, -0.05) is 0 Å². The van der Waals surface area contributed by atoms with E-state index in [0.717, 1.165) is 10.9 Å². The lowest BCUT2D eigenvalue weighted by Crippen LogP contribution is -2.12. The highest BCUT2D eigenvalue weighted by molar-refractivity contribution is 7.89. The molecule has 0 atom stereocenters. The molecule has 0 aliphatic heterocycles. The van der Waals surface area contributed by atoms with E-state index in [-0.39, 0.29) is 4.90 Å². The highest BCUT2D eigenvalue weighted by Gasteiger charge is 2.15. The van der Waals surface area contributed by atoms with Crippen LogP contribution >= 0.6 is 0 Å². The molecule has 7 nitrogen and oxygen atoms in total. The Kier molecular flexibility index (Phi) is 3.15. The lowest BCUT2D eigenvalue weighted by Gasteiger charge is -2.04. The largest absolute Gasteiger partial charge is 0.403 e. The summed E-state index contributed by atoms with van der Waals surface area (Å²) in [4.78, 5) is 11.6. The maximum atomic E-state index is 11.6. The number of hydrogen-bond donors (Lipinski definition) is 1. The first-order chi connectivity index (χ1) is 10.3. The Morgan fingerprint density at radius 3 is 2.41 bits per heavy atom. The third-order valence-corrected chi connectivity index (χ3v) is 4.28. The summed E-state index contributed by atoms with van der Waals surface area (Å²) in [7, 11) is -3.76. The van der Waals surface area contributed by atoms with Gasteiger partial charge in [0.1, 0.15) is 0 Å². The molecule has 2 N–H and O–H groups in total. The van der Waals surface area contributed by atoms with Crippen molar-refractivity contribution in [1.29, 1.82) is 0 Å². The molecule has 22 heavy (non-hydrogen) atoms. The first kappa shape index (κ1) is 14.5. The molecule has 3 aromatic rings. The standard InChI is InChI=1S/C14H13N3O4S/c1-8-7-12(18)21-14-13(8)9(2)16-17(14)10-3-5-11(6-4-10)22(15,19)20/h3-7H,1-2H3,(H2,15,19,20). The number of nitrogens with two attached hydrogens (primary N) is 1. The van der Waals surface area contributed by atoms with E-state index in [1.54, 1.807) is 12.1 Å². The molecule has 0 unspecified atom stereocenters. The average molecular weight is 319 g/mol. The summed E-state index contributed by atoms with van der Waals surface area (Å²) >= 11 is 0. The lowest BCUT2D eigenvalue weighted by atomic mass is 10.2. The maximum absolute atomic E-state index is 11.6. The van der Waals surface area contributed by atoms with Crippen LogP contribution in [0.1, 0.15) is 11.3 Å². The number of hydrogen-bond acceptors (Lipinski definition) is 5. The predicted octanol–water partition coefficient (Wildman–Crippen LogP) is 1.24. The zero-order valence-corrected chi connectivity index (χ0v) is 12.7. The number of aromatic nitrogens is 2. The second-order valence-electron chi connectivity index (χ2n) is 4.96. The molecular weight excluding hydrogens is 306 g/mol. The van der Waals surface area contributed by atoms with Crippen LogP contribution in [0, 0.1) is 13.8 Å². The average Bonchev–Trinajstić information content (AvgIpc) is 2.75. The summed E-state index contributed by atoms with van der Waals surface area (Å²) in [6.45, 7) is 3.62. The van der Waals surface area contributed by atoms with Crippen molar-refractivity contribution in [1.82, 2.24) is 9.78 Å². The SMILES string of the molecule is Cc1cc(=O)oc2c1c(C)nn2-c1ccc(S(N)(=O)=O)cc1. The molecule has 8 heteroatoms. The minimum absolute atomic E-state index is 0.00191. The molecule has 0 aliphatic rings. The van der Waals surface area contributed by atoms with Crippen molar-refractivity contribution in [2.24, 2.45) is 5.14 Å². The van der Waals surface area contributed by atoms with E-state index in [0.29, 0.717) is 17.1 Å². The molecule has 0 spiro atoms. The van der Waals surface area contributed by atoms with Gasteiger partial charge in [-0.25, -0.2) is 18.4 Å². The van der Waals surface area contributed by atoms with Crippen LogP contribution in [0.25, 0.3) is 16.8 Å². The zero-order valence-electron chi connectivity index (χ0n) is 11.9. The van der Waals surface area contributed by atoms with E-state index in [2.05, 4.69) is 5.10 Å². The Hall–Kier alpha value is -2.45. The van der Waals surface area contributed by atoms with E-state index in [1.165, 1.54) is 22.9 Å². The fourth-order valence-corrected chi connectivity index (χ4v) is 2.90. The lowest BCUT2D eigenvalue weighted by molar-refractivity contribution is 0.534. The van der Waals surface area contributed by atoms with Gasteiger partial charge in [0.15, 0.2) is 0 Å². The number of sulfonamides is 1. The molecule has 0 fully saturated rings. The Labute approximate surface area is 126 Å². The topological polar surface area (TPSA) is 108 Å². The van der Waals surface area contributed by atoms with E-state index in [1.807, 2.05) is 13.8 Å². The summed E-state index contributed by atoms with van der Waals surface area (Å²) in [6, 6.07) is 7.26. The van der Waals surface area contributed by atoms with Crippen LogP contribution < -0.4 is 10.8 Å². The molecule has 0 amide bonds. The molecule has 2 heterocycles. The summed E-state index contributed by atoms with van der Waals surface area (Å²) in [5.74, 6) is 0. The normalized spacial score (nSPS) is 12.0. The summed E-state index contributed by atoms with van der Waals surface area (Å²) < 4.78 is 29.3. The number of aryl methyl sites for hydroxylation is 2. The summed E-state index contributed by atoms with van der Waals surface area (Å²) in [6.07, 6.45) is 0. The van der Waals surface area contributed by atoms with Gasteiger partial charge in [0, 0.05) is 6.07 Å². The molecule has 1 aromatic carbocycles. The van der Waals surface area contributed by atoms with Gasteiger partial charge in [-0.05, 0) is 43.7 Å². The van der Waals surface area contributed by atoms with Gasteiger partial charge in [-0.15, -0.1) is 0 Å². The Balaban J connectivity index is 2.25. The van der Waals surface area contributed by atoms with Crippen molar-refractivity contribution in [3.8, 4) is 5.69 Å². The minimum atomic E-state index is -3.76. The van der Waals surface area contributed by atoms with Gasteiger partial charge in [0.05, 0.1) is 21.7 Å². The Bertz CT molecular complexity index is 1030. The van der Waals surface area contributed by atoms with Crippen LogP contribution in [0.4, 0.5) is 0 Å². The fraction of sp³-hybridized carbons (Fsp3) is 0.143. The first-order valence-electron chi connectivity index (χ1n) is 6.41. The third kappa shape index (κ3) is 2.32. The highest BCUT2D eigenvalue weighted by Crippen LogP contribution is 2.23. The second-order valence-corrected chi connectivity index (χ2v) is 6.53. The van der Waals surface area contributed by atoms with Crippen molar-refractivity contribution in [2.75, 3.05) is 0 Å². The predicted molar refractivity (Wildman–Crippen MR) is 80.5 cm³/mol. The molecule has 3 rings (SSSR count). The van der Waals surface area contributed by atoms with Crippen LogP contribution in [-0.2, 0) is 10.0 Å². The molecule has 0 bridgehead atoms. The smallest absolute Gasteiger partial charge is 0.337 e. The third-order valence-electron chi connectivity index (χ3n) is 3.35. The second kappa shape index (κ2) is 4.79. The van der Waals surface area contributed by atoms with Gasteiger partial charge in [0.2, 0.25) is 15.7 Å². The van der Waals surface area contributed by atoms with Crippen molar-refractivity contribution in [3.05, 3.63) is 52.0 Å². The Morgan fingerprint density at radius 2 is 1.82 bits per heavy atom. The van der Waals surface area contributed by atoms with Crippen LogP contribution in [0.3, 0.4) is 0 Å². The number of primary sulfonamides is 1. The number of nitrogens with zero attached hydrogens (tertiary/aromatic N) is 2. The maximum Gasteiger partial charge on any atom is 0.337 e. The van der Waals surface area contributed by atoms with Crippen LogP contribution in [0.5, 0.6) is 0 Å². The van der Waals surface area contributed by atoms with Crippen molar-refractivity contribution >= 4 is 21.1 Å². The highest BCUT2D eigenvalue weighted by atomic mass is 32.2. The molecule has 0 aliphatic carbocycles. The van der Waals surface area contributed by atoms with E-state index >= 15 is 0 Å². The van der Waals surface area contributed by atoms with Gasteiger partial charge in [-0.3, -0.25) is 0 Å². The van der Waals surface area contributed by atoms with Gasteiger partial charge >= 0.3 is 5.63 Å². The van der Waals surface area contributed by atoms with E-state index in [4.69, 9.17) is 9.56 Å². The van der Waals surface area contributed by atoms with Crippen molar-refractivity contribution < 1.29 is 12.8 Å². The van der Waals surface area contributed by atoms with Crippen molar-refractivity contribution in [3.63, 3.8) is 0 Å². The summed E-state index contributed by atoms with van der Waals surface area (Å²) in [5.41, 5.74) is 1.92. The van der Waals surface area contributed by atoms with Crippen molar-refractivity contribution in [2.45, 2.75) is 18.7 Å². The molecule has 0 saturated carbocycles. The van der Waals surface area contributed by atoms with E-state index < -0.39 is 15.6 Å². The monoisotopic (exact) mass is 319 g/mol. The van der Waals surface area contributed by atoms with Gasteiger partial charge in [-0.2, -0.15) is 9.78 Å². The van der Waals surface area contributed by atoms with Crippen LogP contribution in [-0.4, -0.2) is 18.2 Å². The molecule has 114 valence electrons. The number of fused-ring (bicyclic) bond motifs is 1. The quantitative estimate of drug-likeness (QED) is 0.764. The van der Waals surface area contributed by atoms with Crippen LogP contribution in [0.15, 0.2) is 44.4 Å². The molecular formula is C14H13N3O4S. The van der Waals surface area contributed by atoms with Gasteiger partial charge < -0.3 is 4.42 Å².